The second-order valence-electron chi connectivity index (χ2n) is 7.76. The minimum atomic E-state index is -0.464. The molecule has 1 aliphatic heterocycles. The highest BCUT2D eigenvalue weighted by atomic mass is 16.7. The summed E-state index contributed by atoms with van der Waals surface area (Å²) >= 11 is 0. The van der Waals surface area contributed by atoms with Crippen molar-refractivity contribution in [2.24, 2.45) is 28.6 Å². The monoisotopic (exact) mass is 292 g/mol. The lowest BCUT2D eigenvalue weighted by Crippen LogP contribution is -2.61. The summed E-state index contributed by atoms with van der Waals surface area (Å²) in [7, 11) is 0. The SMILES string of the molecule is C=C[C@]1(C)[C@H]2CCC3(OCCO3)[C@@H](C)[C@]2(C)CC(=O)[C@@H]1C. The van der Waals surface area contributed by atoms with Gasteiger partial charge in [0.1, 0.15) is 5.78 Å². The number of Topliss-reactive ketones (excluding diaryl/α,β-unsaturated/α-hetero) is 1. The number of hydrogen-bond donors (Lipinski definition) is 0. The standard InChI is InChI=1S/C18H28O3/c1-6-16(4)12(2)14(19)11-17(5)13(3)18(8-7-15(16)17)20-9-10-21-18/h6,12-13,15H,1,7-11H2,2-5H3/t12-,13-,15+,16-,17-/m0/s1. The third kappa shape index (κ3) is 1.83. The predicted octanol–water partition coefficient (Wildman–Crippen LogP) is 3.58. The van der Waals surface area contributed by atoms with Crippen molar-refractivity contribution in [3.05, 3.63) is 12.7 Å². The zero-order chi connectivity index (χ0) is 15.5. The van der Waals surface area contributed by atoms with Gasteiger partial charge in [-0.25, -0.2) is 0 Å². The first-order valence-electron chi connectivity index (χ1n) is 8.24. The van der Waals surface area contributed by atoms with E-state index in [9.17, 15) is 4.79 Å². The van der Waals surface area contributed by atoms with Crippen LogP contribution < -0.4 is 0 Å². The molecule has 2 aliphatic carbocycles. The molecule has 1 spiro atoms. The Morgan fingerprint density at radius 3 is 2.43 bits per heavy atom. The van der Waals surface area contributed by atoms with Gasteiger partial charge in [0.2, 0.25) is 0 Å². The molecule has 3 aliphatic rings. The lowest BCUT2D eigenvalue weighted by molar-refractivity contribution is -0.264. The Morgan fingerprint density at radius 1 is 1.24 bits per heavy atom. The first-order valence-corrected chi connectivity index (χ1v) is 8.24. The zero-order valence-electron chi connectivity index (χ0n) is 13.8. The quantitative estimate of drug-likeness (QED) is 0.693. The summed E-state index contributed by atoms with van der Waals surface area (Å²) in [5.74, 6) is 0.636. The van der Waals surface area contributed by atoms with Gasteiger partial charge in [0.25, 0.3) is 0 Å². The Balaban J connectivity index is 2.03. The van der Waals surface area contributed by atoms with Gasteiger partial charge in [-0.05, 0) is 23.2 Å². The molecule has 1 heterocycles. The molecule has 3 heteroatoms. The average molecular weight is 292 g/mol. The number of rotatable bonds is 1. The number of hydrogen-bond acceptors (Lipinski definition) is 3. The van der Waals surface area contributed by atoms with Crippen LogP contribution in [0.5, 0.6) is 0 Å². The number of carbonyl (C=O) groups is 1. The van der Waals surface area contributed by atoms with E-state index in [0.717, 1.165) is 12.8 Å². The van der Waals surface area contributed by atoms with Crippen molar-refractivity contribution in [3.63, 3.8) is 0 Å². The lowest BCUT2D eigenvalue weighted by atomic mass is 9.44. The minimum absolute atomic E-state index is 0.0553. The molecule has 118 valence electrons. The van der Waals surface area contributed by atoms with Crippen molar-refractivity contribution in [2.45, 2.75) is 52.7 Å². The number of carbonyl (C=O) groups excluding carboxylic acids is 1. The molecule has 0 unspecified atom stereocenters. The van der Waals surface area contributed by atoms with Gasteiger partial charge >= 0.3 is 0 Å². The summed E-state index contributed by atoms with van der Waals surface area (Å²) in [4.78, 5) is 12.6. The first-order chi connectivity index (χ1) is 9.80. The molecule has 0 amide bonds. The fourth-order valence-electron chi connectivity index (χ4n) is 5.35. The molecule has 1 saturated heterocycles. The molecule has 3 rings (SSSR count). The molecule has 0 bridgehead atoms. The number of ketones is 1. The van der Waals surface area contributed by atoms with Gasteiger partial charge < -0.3 is 9.47 Å². The number of fused-ring (bicyclic) bond motifs is 1. The van der Waals surface area contributed by atoms with E-state index >= 15 is 0 Å². The number of ether oxygens (including phenoxy) is 2. The third-order valence-electron chi connectivity index (χ3n) is 7.16. The molecular weight excluding hydrogens is 264 g/mol. The highest BCUT2D eigenvalue weighted by Gasteiger charge is 2.64. The Kier molecular flexibility index (Phi) is 3.38. The minimum Gasteiger partial charge on any atom is -0.347 e. The summed E-state index contributed by atoms with van der Waals surface area (Å²) in [6.45, 7) is 14.2. The van der Waals surface area contributed by atoms with Crippen LogP contribution in [-0.2, 0) is 14.3 Å². The Bertz CT molecular complexity index is 465. The van der Waals surface area contributed by atoms with Crippen molar-refractivity contribution in [3.8, 4) is 0 Å². The van der Waals surface area contributed by atoms with E-state index in [1.807, 2.05) is 6.08 Å². The normalized spacial score (nSPS) is 49.1. The van der Waals surface area contributed by atoms with Gasteiger partial charge in [0.05, 0.1) is 13.2 Å². The van der Waals surface area contributed by atoms with Crippen molar-refractivity contribution in [1.29, 1.82) is 0 Å². The van der Waals surface area contributed by atoms with Crippen molar-refractivity contribution >= 4 is 5.78 Å². The maximum absolute atomic E-state index is 12.6. The van der Waals surface area contributed by atoms with Crippen molar-refractivity contribution in [1.82, 2.24) is 0 Å². The average Bonchev–Trinajstić information content (AvgIpc) is 2.92. The maximum Gasteiger partial charge on any atom is 0.171 e. The van der Waals surface area contributed by atoms with Gasteiger partial charge in [-0.3, -0.25) is 4.79 Å². The summed E-state index contributed by atoms with van der Waals surface area (Å²) < 4.78 is 12.0. The van der Waals surface area contributed by atoms with E-state index in [-0.39, 0.29) is 22.7 Å². The van der Waals surface area contributed by atoms with Crippen LogP contribution in [0.1, 0.15) is 47.0 Å². The molecular formula is C18H28O3. The van der Waals surface area contributed by atoms with E-state index in [4.69, 9.17) is 9.47 Å². The first kappa shape index (κ1) is 15.2. The molecule has 0 aromatic heterocycles. The number of allylic oxidation sites excluding steroid dienone is 1. The molecule has 0 N–H and O–H groups in total. The van der Waals surface area contributed by atoms with Crippen molar-refractivity contribution < 1.29 is 14.3 Å². The fraction of sp³-hybridized carbons (Fsp3) is 0.833. The predicted molar refractivity (Wildman–Crippen MR) is 81.7 cm³/mol. The smallest absolute Gasteiger partial charge is 0.171 e. The second-order valence-corrected chi connectivity index (χ2v) is 7.76. The Labute approximate surface area is 128 Å². The zero-order valence-corrected chi connectivity index (χ0v) is 13.8. The second kappa shape index (κ2) is 4.66. The summed E-state index contributed by atoms with van der Waals surface area (Å²) in [5.41, 5.74) is -0.201. The molecule has 0 aromatic carbocycles. The summed E-state index contributed by atoms with van der Waals surface area (Å²) in [6, 6.07) is 0. The van der Waals surface area contributed by atoms with E-state index in [0.29, 0.717) is 31.3 Å². The molecule has 21 heavy (non-hydrogen) atoms. The van der Waals surface area contributed by atoms with Gasteiger partial charge in [-0.15, -0.1) is 6.58 Å². The summed E-state index contributed by atoms with van der Waals surface area (Å²) in [6.07, 6.45) is 4.64. The molecule has 2 saturated carbocycles. The Hall–Kier alpha value is -0.670. The molecule has 3 nitrogen and oxygen atoms in total. The molecule has 0 aromatic rings. The van der Waals surface area contributed by atoms with Crippen LogP contribution in [0.25, 0.3) is 0 Å². The highest BCUT2D eigenvalue weighted by molar-refractivity contribution is 5.83. The van der Waals surface area contributed by atoms with E-state index in [1.165, 1.54) is 0 Å². The summed E-state index contributed by atoms with van der Waals surface area (Å²) in [5, 5.41) is 0. The van der Waals surface area contributed by atoms with E-state index in [1.54, 1.807) is 0 Å². The van der Waals surface area contributed by atoms with Crippen LogP contribution in [0.2, 0.25) is 0 Å². The molecule has 3 fully saturated rings. The third-order valence-corrected chi connectivity index (χ3v) is 7.16. The van der Waals surface area contributed by atoms with E-state index in [2.05, 4.69) is 34.3 Å². The topological polar surface area (TPSA) is 35.5 Å². The van der Waals surface area contributed by atoms with Crippen LogP contribution >= 0.6 is 0 Å². The largest absolute Gasteiger partial charge is 0.347 e. The fourth-order valence-corrected chi connectivity index (χ4v) is 5.35. The van der Waals surface area contributed by atoms with Crippen molar-refractivity contribution in [2.75, 3.05) is 13.2 Å². The van der Waals surface area contributed by atoms with Crippen LogP contribution in [0.4, 0.5) is 0 Å². The van der Waals surface area contributed by atoms with Gasteiger partial charge in [0, 0.05) is 24.7 Å². The van der Waals surface area contributed by atoms with Gasteiger partial charge in [0.15, 0.2) is 5.79 Å². The van der Waals surface area contributed by atoms with Crippen LogP contribution in [-0.4, -0.2) is 24.8 Å². The van der Waals surface area contributed by atoms with E-state index < -0.39 is 5.79 Å². The van der Waals surface area contributed by atoms with Gasteiger partial charge in [-0.2, -0.15) is 0 Å². The lowest BCUT2D eigenvalue weighted by Gasteiger charge is -2.61. The Morgan fingerprint density at radius 2 is 1.86 bits per heavy atom. The molecule has 5 atom stereocenters. The van der Waals surface area contributed by atoms with Gasteiger partial charge in [-0.1, -0.05) is 33.8 Å². The van der Waals surface area contributed by atoms with Crippen LogP contribution in [0.3, 0.4) is 0 Å². The molecule has 0 radical (unpaired) electrons. The van der Waals surface area contributed by atoms with Crippen LogP contribution in [0, 0.1) is 28.6 Å². The maximum atomic E-state index is 12.6. The highest BCUT2D eigenvalue weighted by Crippen LogP contribution is 2.64. The van der Waals surface area contributed by atoms with Crippen LogP contribution in [0.15, 0.2) is 12.7 Å².